The lowest BCUT2D eigenvalue weighted by Gasteiger charge is -2.17. The lowest BCUT2D eigenvalue weighted by atomic mass is 10.1. The van der Waals surface area contributed by atoms with E-state index in [1.54, 1.807) is 30.1 Å². The normalized spacial score (nSPS) is 10.7. The summed E-state index contributed by atoms with van der Waals surface area (Å²) in [7, 11) is 1.72. The van der Waals surface area contributed by atoms with E-state index in [-0.39, 0.29) is 30.7 Å². The number of benzene rings is 2. The number of amides is 2. The van der Waals surface area contributed by atoms with Gasteiger partial charge in [0.05, 0.1) is 13.1 Å². The number of para-hydroxylation sites is 1. The molecule has 2 amide bonds. The van der Waals surface area contributed by atoms with Gasteiger partial charge in [0, 0.05) is 17.8 Å². The van der Waals surface area contributed by atoms with Crippen LogP contribution in [0.5, 0.6) is 0 Å². The number of nitrogens with zero attached hydrogens (tertiary/aromatic N) is 1. The van der Waals surface area contributed by atoms with Crippen LogP contribution in [0.15, 0.2) is 42.5 Å². The maximum atomic E-state index is 13.6. The fraction of sp³-hybridized carbons (Fsp3) is 0.300. The van der Waals surface area contributed by atoms with E-state index >= 15 is 0 Å². The first-order valence-corrected chi connectivity index (χ1v) is 8.41. The summed E-state index contributed by atoms with van der Waals surface area (Å²) in [5, 5.41) is 5.40. The molecule has 0 aliphatic heterocycles. The number of carbonyl (C=O) groups is 2. The first kappa shape index (κ1) is 19.6. The molecule has 0 aliphatic rings. The second-order valence-electron chi connectivity index (χ2n) is 6.36. The summed E-state index contributed by atoms with van der Waals surface area (Å²) in [5.74, 6) is -0.874. The van der Waals surface area contributed by atoms with Crippen LogP contribution in [0.3, 0.4) is 0 Å². The van der Waals surface area contributed by atoms with Crippen molar-refractivity contribution in [3.05, 3.63) is 65.0 Å². The van der Waals surface area contributed by atoms with Gasteiger partial charge in [-0.25, -0.2) is 4.39 Å². The maximum absolute atomic E-state index is 13.6. The summed E-state index contributed by atoms with van der Waals surface area (Å²) in [6.45, 7) is 4.11. The Balaban J connectivity index is 1.79. The molecule has 0 saturated carbocycles. The van der Waals surface area contributed by atoms with Gasteiger partial charge in [-0.15, -0.1) is 0 Å². The average molecular weight is 357 g/mol. The van der Waals surface area contributed by atoms with Crippen LogP contribution in [0.25, 0.3) is 0 Å². The van der Waals surface area contributed by atoms with Gasteiger partial charge in [0.25, 0.3) is 0 Å². The number of hydrogen-bond donors (Lipinski definition) is 2. The number of carbonyl (C=O) groups excluding carboxylic acids is 2. The molecule has 0 unspecified atom stereocenters. The number of hydrogen-bond acceptors (Lipinski definition) is 3. The quantitative estimate of drug-likeness (QED) is 0.801. The minimum atomic E-state index is -0.298. The Morgan fingerprint density at radius 1 is 1.00 bits per heavy atom. The molecular formula is C20H24FN3O2. The number of rotatable bonds is 7. The molecule has 0 spiro atoms. The lowest BCUT2D eigenvalue weighted by molar-refractivity contribution is -0.124. The van der Waals surface area contributed by atoms with Crippen molar-refractivity contribution in [3.63, 3.8) is 0 Å². The lowest BCUT2D eigenvalue weighted by Crippen LogP contribution is -2.39. The van der Waals surface area contributed by atoms with E-state index in [4.69, 9.17) is 0 Å². The minimum Gasteiger partial charge on any atom is -0.346 e. The molecule has 0 radical (unpaired) electrons. The van der Waals surface area contributed by atoms with Crippen molar-refractivity contribution in [2.75, 3.05) is 25.5 Å². The summed E-state index contributed by atoms with van der Waals surface area (Å²) in [6, 6.07) is 12.2. The van der Waals surface area contributed by atoms with Gasteiger partial charge in [0.2, 0.25) is 11.8 Å². The van der Waals surface area contributed by atoms with Crippen LogP contribution in [0.4, 0.5) is 10.1 Å². The highest BCUT2D eigenvalue weighted by Gasteiger charge is 2.12. The Hall–Kier alpha value is -2.73. The minimum absolute atomic E-state index is 0.0744. The second-order valence-corrected chi connectivity index (χ2v) is 6.36. The van der Waals surface area contributed by atoms with E-state index in [0.29, 0.717) is 12.1 Å². The van der Waals surface area contributed by atoms with Crippen molar-refractivity contribution >= 4 is 17.5 Å². The molecule has 6 heteroatoms. The van der Waals surface area contributed by atoms with E-state index in [1.807, 2.05) is 32.0 Å². The summed E-state index contributed by atoms with van der Waals surface area (Å²) in [5.41, 5.74) is 3.22. The Morgan fingerprint density at radius 3 is 2.31 bits per heavy atom. The fourth-order valence-corrected chi connectivity index (χ4v) is 2.65. The van der Waals surface area contributed by atoms with Gasteiger partial charge >= 0.3 is 0 Å². The molecule has 2 rings (SSSR count). The Morgan fingerprint density at radius 2 is 1.65 bits per heavy atom. The van der Waals surface area contributed by atoms with Crippen LogP contribution in [0, 0.1) is 19.7 Å². The number of anilines is 1. The van der Waals surface area contributed by atoms with Crippen LogP contribution in [0.1, 0.15) is 16.7 Å². The monoisotopic (exact) mass is 357 g/mol. The van der Waals surface area contributed by atoms with E-state index in [1.165, 1.54) is 6.07 Å². The topological polar surface area (TPSA) is 61.4 Å². The van der Waals surface area contributed by atoms with Crippen molar-refractivity contribution < 1.29 is 14.0 Å². The highest BCUT2D eigenvalue weighted by Crippen LogP contribution is 2.18. The van der Waals surface area contributed by atoms with Crippen LogP contribution < -0.4 is 10.6 Å². The third-order valence-corrected chi connectivity index (χ3v) is 4.00. The predicted molar refractivity (Wildman–Crippen MR) is 100 cm³/mol. The van der Waals surface area contributed by atoms with Crippen LogP contribution in [-0.2, 0) is 16.1 Å². The van der Waals surface area contributed by atoms with Gasteiger partial charge in [-0.3, -0.25) is 14.5 Å². The zero-order valence-corrected chi connectivity index (χ0v) is 15.3. The number of aryl methyl sites for hydroxylation is 2. The molecule has 138 valence electrons. The molecule has 0 saturated heterocycles. The third-order valence-electron chi connectivity index (χ3n) is 4.00. The summed E-state index contributed by atoms with van der Waals surface area (Å²) in [6.07, 6.45) is 0. The molecule has 0 atom stereocenters. The fourth-order valence-electron chi connectivity index (χ4n) is 2.65. The van der Waals surface area contributed by atoms with Crippen LogP contribution in [-0.4, -0.2) is 36.9 Å². The van der Waals surface area contributed by atoms with Gasteiger partial charge in [-0.2, -0.15) is 0 Å². The van der Waals surface area contributed by atoms with Crippen LogP contribution in [0.2, 0.25) is 0 Å². The van der Waals surface area contributed by atoms with Gasteiger partial charge in [0.15, 0.2) is 0 Å². The van der Waals surface area contributed by atoms with Crippen molar-refractivity contribution in [2.45, 2.75) is 20.4 Å². The Bertz CT molecular complexity index is 772. The highest BCUT2D eigenvalue weighted by molar-refractivity contribution is 5.95. The molecule has 0 heterocycles. The van der Waals surface area contributed by atoms with Crippen molar-refractivity contribution in [2.24, 2.45) is 0 Å². The Kier molecular flexibility index (Phi) is 6.86. The summed E-state index contributed by atoms with van der Waals surface area (Å²) >= 11 is 0. The number of likely N-dealkylation sites (N-methyl/N-ethyl adjacent to an activating group) is 1. The molecule has 2 N–H and O–H groups in total. The molecule has 5 nitrogen and oxygen atoms in total. The number of nitrogens with one attached hydrogen (secondary N) is 2. The molecule has 0 aromatic heterocycles. The molecule has 0 bridgehead atoms. The zero-order chi connectivity index (χ0) is 19.1. The van der Waals surface area contributed by atoms with E-state index in [9.17, 15) is 14.0 Å². The van der Waals surface area contributed by atoms with Gasteiger partial charge < -0.3 is 10.6 Å². The van der Waals surface area contributed by atoms with Crippen molar-refractivity contribution in [3.8, 4) is 0 Å². The molecular weight excluding hydrogens is 333 g/mol. The van der Waals surface area contributed by atoms with E-state index < -0.39 is 0 Å². The average Bonchev–Trinajstić information content (AvgIpc) is 2.58. The first-order valence-electron chi connectivity index (χ1n) is 8.41. The summed E-state index contributed by atoms with van der Waals surface area (Å²) in [4.78, 5) is 25.7. The Labute approximate surface area is 153 Å². The summed E-state index contributed by atoms with van der Waals surface area (Å²) < 4.78 is 13.6. The van der Waals surface area contributed by atoms with E-state index in [0.717, 1.165) is 16.8 Å². The standard InChI is InChI=1S/C20H24FN3O2/c1-14-7-6-8-15(2)20(14)23-18(25)11-22-19(26)13-24(3)12-16-9-4-5-10-17(16)21/h4-10H,11-13H2,1-3H3,(H,22,26)(H,23,25). The van der Waals surface area contributed by atoms with Gasteiger partial charge in [0.1, 0.15) is 5.82 Å². The zero-order valence-electron chi connectivity index (χ0n) is 15.3. The SMILES string of the molecule is Cc1cccc(C)c1NC(=O)CNC(=O)CN(C)Cc1ccccc1F. The second kappa shape index (κ2) is 9.10. The molecule has 26 heavy (non-hydrogen) atoms. The third kappa shape index (κ3) is 5.67. The largest absolute Gasteiger partial charge is 0.346 e. The number of halogens is 1. The van der Waals surface area contributed by atoms with E-state index in [2.05, 4.69) is 10.6 Å². The molecule has 2 aromatic rings. The highest BCUT2D eigenvalue weighted by atomic mass is 19.1. The van der Waals surface area contributed by atoms with Crippen molar-refractivity contribution in [1.29, 1.82) is 0 Å². The van der Waals surface area contributed by atoms with Crippen LogP contribution >= 0.6 is 0 Å². The molecule has 0 fully saturated rings. The van der Waals surface area contributed by atoms with Gasteiger partial charge in [-0.1, -0.05) is 36.4 Å². The van der Waals surface area contributed by atoms with Crippen molar-refractivity contribution in [1.82, 2.24) is 10.2 Å². The smallest absolute Gasteiger partial charge is 0.243 e. The molecule has 0 aliphatic carbocycles. The van der Waals surface area contributed by atoms with Gasteiger partial charge in [-0.05, 0) is 38.1 Å². The first-order chi connectivity index (χ1) is 12.4. The molecule has 2 aromatic carbocycles. The predicted octanol–water partition coefficient (Wildman–Crippen LogP) is 2.63. The maximum Gasteiger partial charge on any atom is 0.243 e.